The van der Waals surface area contributed by atoms with E-state index in [9.17, 15) is 9.59 Å². The number of nitrogens with zero attached hydrogens (tertiary/aromatic N) is 1. The molecule has 2 rings (SSSR count). The highest BCUT2D eigenvalue weighted by Crippen LogP contribution is 2.16. The third-order valence-electron chi connectivity index (χ3n) is 3.09. The number of carbonyl (C=O) groups excluding carboxylic acids is 1. The summed E-state index contributed by atoms with van der Waals surface area (Å²) in [6.45, 7) is 0.326. The van der Waals surface area contributed by atoms with Crippen molar-refractivity contribution in [2.24, 2.45) is 0 Å². The van der Waals surface area contributed by atoms with Crippen LogP contribution < -0.4 is 0 Å². The molecule has 2 N–H and O–H groups in total. The van der Waals surface area contributed by atoms with E-state index in [1.54, 1.807) is 7.05 Å². The molecule has 5 heteroatoms. The highest BCUT2D eigenvalue weighted by Gasteiger charge is 2.11. The van der Waals surface area contributed by atoms with E-state index < -0.39 is 17.6 Å². The molecule has 0 unspecified atom stereocenters. The smallest absolute Gasteiger partial charge is 0.371 e. The number of aliphatic hydroxyl groups excluding tert-OH is 1. The quantitative estimate of drug-likeness (QED) is 0.667. The van der Waals surface area contributed by atoms with Crippen molar-refractivity contribution in [1.82, 2.24) is 4.90 Å². The van der Waals surface area contributed by atoms with Crippen LogP contribution in [0.25, 0.3) is 10.8 Å². The van der Waals surface area contributed by atoms with Crippen molar-refractivity contribution in [3.05, 3.63) is 59.9 Å². The zero-order valence-corrected chi connectivity index (χ0v) is 11.5. The largest absolute Gasteiger partial charge is 0.502 e. The number of likely N-dealkylation sites (N-methyl/N-ethyl adjacent to an activating group) is 1. The molecule has 21 heavy (non-hydrogen) atoms. The second-order valence-electron chi connectivity index (χ2n) is 4.71. The van der Waals surface area contributed by atoms with Crippen molar-refractivity contribution in [3.63, 3.8) is 0 Å². The van der Waals surface area contributed by atoms with Gasteiger partial charge in [0.25, 0.3) is 5.91 Å². The van der Waals surface area contributed by atoms with E-state index in [0.29, 0.717) is 12.6 Å². The van der Waals surface area contributed by atoms with Crippen LogP contribution in [0.2, 0.25) is 0 Å². The maximum Gasteiger partial charge on any atom is 0.371 e. The molecule has 5 nitrogen and oxygen atoms in total. The van der Waals surface area contributed by atoms with E-state index in [-0.39, 0.29) is 0 Å². The Morgan fingerprint density at radius 3 is 2.43 bits per heavy atom. The van der Waals surface area contributed by atoms with Gasteiger partial charge in [0, 0.05) is 13.6 Å². The van der Waals surface area contributed by atoms with Crippen LogP contribution in [0.1, 0.15) is 5.56 Å². The Morgan fingerprint density at radius 1 is 1.10 bits per heavy atom. The van der Waals surface area contributed by atoms with Crippen molar-refractivity contribution in [2.45, 2.75) is 6.54 Å². The number of carboxylic acid groups (broad SMARTS) is 1. The highest BCUT2D eigenvalue weighted by atomic mass is 16.4. The minimum absolute atomic E-state index is 0.326. The summed E-state index contributed by atoms with van der Waals surface area (Å²) in [4.78, 5) is 23.6. The minimum atomic E-state index is -1.53. The summed E-state index contributed by atoms with van der Waals surface area (Å²) in [5.74, 6) is -3.06. The highest BCUT2D eigenvalue weighted by molar-refractivity contribution is 5.95. The average Bonchev–Trinajstić information content (AvgIpc) is 2.46. The predicted octanol–water partition coefficient (Wildman–Crippen LogP) is 2.32. The zero-order chi connectivity index (χ0) is 15.4. The van der Waals surface area contributed by atoms with Gasteiger partial charge in [0.2, 0.25) is 5.76 Å². The van der Waals surface area contributed by atoms with Gasteiger partial charge in [-0.05, 0) is 22.4 Å². The fourth-order valence-corrected chi connectivity index (χ4v) is 1.98. The number of carbonyl (C=O) groups is 2. The second kappa shape index (κ2) is 6.09. The summed E-state index contributed by atoms with van der Waals surface area (Å²) < 4.78 is 0. The van der Waals surface area contributed by atoms with Crippen LogP contribution >= 0.6 is 0 Å². The third kappa shape index (κ3) is 3.60. The summed E-state index contributed by atoms with van der Waals surface area (Å²) in [6, 6.07) is 13.7. The molecule has 0 fully saturated rings. The molecular weight excluding hydrogens is 270 g/mol. The molecule has 0 radical (unpaired) electrons. The molecule has 2 aromatic carbocycles. The molecular formula is C16H15NO4. The van der Waals surface area contributed by atoms with Crippen LogP contribution in [0.4, 0.5) is 0 Å². The van der Waals surface area contributed by atoms with Crippen LogP contribution in [0, 0.1) is 0 Å². The molecule has 0 atom stereocenters. The molecule has 108 valence electrons. The van der Waals surface area contributed by atoms with Gasteiger partial charge in [-0.2, -0.15) is 0 Å². The minimum Gasteiger partial charge on any atom is -0.502 e. The van der Waals surface area contributed by atoms with Crippen LogP contribution in [0.15, 0.2) is 54.3 Å². The van der Waals surface area contributed by atoms with E-state index in [2.05, 4.69) is 0 Å². The Bertz CT molecular complexity index is 721. The number of fused-ring (bicyclic) bond motifs is 1. The van der Waals surface area contributed by atoms with Gasteiger partial charge in [-0.3, -0.25) is 4.79 Å². The van der Waals surface area contributed by atoms with Gasteiger partial charge >= 0.3 is 5.97 Å². The molecule has 0 aromatic heterocycles. The molecule has 0 aliphatic heterocycles. The van der Waals surface area contributed by atoms with E-state index in [0.717, 1.165) is 16.3 Å². The fraction of sp³-hybridized carbons (Fsp3) is 0.125. The molecule has 0 saturated heterocycles. The maximum absolute atomic E-state index is 11.8. The Morgan fingerprint density at radius 2 is 1.76 bits per heavy atom. The van der Waals surface area contributed by atoms with Gasteiger partial charge in [0.05, 0.1) is 6.08 Å². The summed E-state index contributed by atoms with van der Waals surface area (Å²) in [5.41, 5.74) is 0.924. The molecule has 1 amide bonds. The van der Waals surface area contributed by atoms with Gasteiger partial charge in [-0.15, -0.1) is 0 Å². The monoisotopic (exact) mass is 285 g/mol. The maximum atomic E-state index is 11.8. The predicted molar refractivity (Wildman–Crippen MR) is 78.8 cm³/mol. The normalized spacial score (nSPS) is 11.4. The lowest BCUT2D eigenvalue weighted by atomic mass is 10.1. The number of aliphatic carboxylic acids is 1. The van der Waals surface area contributed by atoms with Gasteiger partial charge < -0.3 is 15.1 Å². The first-order chi connectivity index (χ1) is 9.97. The molecule has 0 saturated carbocycles. The summed E-state index contributed by atoms with van der Waals surface area (Å²) in [7, 11) is 1.54. The SMILES string of the molecule is CN(Cc1ccc2ccccc2c1)C(=O)C=C(O)C(=O)O. The molecule has 0 heterocycles. The Labute approximate surface area is 121 Å². The molecule has 0 aliphatic rings. The molecule has 0 aliphatic carbocycles. The number of carboxylic acids is 1. The number of amides is 1. The van der Waals surface area contributed by atoms with Crippen molar-refractivity contribution >= 4 is 22.6 Å². The van der Waals surface area contributed by atoms with E-state index in [1.165, 1.54) is 4.90 Å². The van der Waals surface area contributed by atoms with E-state index >= 15 is 0 Å². The first kappa shape index (κ1) is 14.6. The Balaban J connectivity index is 2.14. The Kier molecular flexibility index (Phi) is 4.23. The number of hydrogen-bond donors (Lipinski definition) is 2. The summed E-state index contributed by atoms with van der Waals surface area (Å²) in [5, 5.41) is 19.8. The topological polar surface area (TPSA) is 77.8 Å². The first-order valence-electron chi connectivity index (χ1n) is 6.34. The lowest BCUT2D eigenvalue weighted by Crippen LogP contribution is -2.25. The van der Waals surface area contributed by atoms with Crippen molar-refractivity contribution in [2.75, 3.05) is 7.05 Å². The van der Waals surface area contributed by atoms with Crippen molar-refractivity contribution < 1.29 is 19.8 Å². The summed E-state index contributed by atoms with van der Waals surface area (Å²) >= 11 is 0. The standard InChI is InChI=1S/C16H15NO4/c1-17(15(19)9-14(18)16(20)21)10-11-6-7-12-4-2-3-5-13(12)8-11/h2-9,18H,10H2,1H3,(H,20,21). The Hall–Kier alpha value is -2.82. The summed E-state index contributed by atoms with van der Waals surface area (Å²) in [6.07, 6.45) is 0.698. The van der Waals surface area contributed by atoms with Crippen LogP contribution in [-0.4, -0.2) is 34.0 Å². The van der Waals surface area contributed by atoms with E-state index in [1.807, 2.05) is 42.5 Å². The molecule has 0 bridgehead atoms. The van der Waals surface area contributed by atoms with E-state index in [4.69, 9.17) is 10.2 Å². The van der Waals surface area contributed by atoms with Gasteiger partial charge in [0.1, 0.15) is 0 Å². The second-order valence-corrected chi connectivity index (χ2v) is 4.71. The van der Waals surface area contributed by atoms with Crippen LogP contribution in [0.3, 0.4) is 0 Å². The van der Waals surface area contributed by atoms with Gasteiger partial charge in [-0.1, -0.05) is 36.4 Å². The molecule has 2 aromatic rings. The number of rotatable bonds is 4. The van der Waals surface area contributed by atoms with Gasteiger partial charge in [0.15, 0.2) is 0 Å². The first-order valence-corrected chi connectivity index (χ1v) is 6.34. The lowest BCUT2D eigenvalue weighted by molar-refractivity contribution is -0.136. The lowest BCUT2D eigenvalue weighted by Gasteiger charge is -2.15. The average molecular weight is 285 g/mol. The van der Waals surface area contributed by atoms with Crippen molar-refractivity contribution in [3.8, 4) is 0 Å². The van der Waals surface area contributed by atoms with Crippen LogP contribution in [0.5, 0.6) is 0 Å². The number of hydrogen-bond acceptors (Lipinski definition) is 3. The zero-order valence-electron chi connectivity index (χ0n) is 11.5. The number of aliphatic hydroxyl groups is 1. The number of benzene rings is 2. The fourth-order valence-electron chi connectivity index (χ4n) is 1.98. The van der Waals surface area contributed by atoms with Crippen molar-refractivity contribution in [1.29, 1.82) is 0 Å². The third-order valence-corrected chi connectivity index (χ3v) is 3.09. The molecule has 0 spiro atoms. The van der Waals surface area contributed by atoms with Crippen LogP contribution in [-0.2, 0) is 16.1 Å². The van der Waals surface area contributed by atoms with Gasteiger partial charge in [-0.25, -0.2) is 4.79 Å².